The summed E-state index contributed by atoms with van der Waals surface area (Å²) in [6.45, 7) is 5.66. The first kappa shape index (κ1) is 11.5. The van der Waals surface area contributed by atoms with Crippen LogP contribution in [0.3, 0.4) is 0 Å². The molecule has 0 spiro atoms. The normalized spacial score (nSPS) is 20.8. The van der Waals surface area contributed by atoms with Gasteiger partial charge in [0.1, 0.15) is 0 Å². The van der Waals surface area contributed by atoms with E-state index in [-0.39, 0.29) is 0 Å². The van der Waals surface area contributed by atoms with Gasteiger partial charge in [-0.3, -0.25) is 4.90 Å². The van der Waals surface area contributed by atoms with Crippen molar-refractivity contribution in [3.05, 3.63) is 24.5 Å². The molecule has 18 heavy (non-hydrogen) atoms. The first-order chi connectivity index (χ1) is 8.78. The fourth-order valence-electron chi connectivity index (χ4n) is 2.97. The number of fused-ring (bicyclic) bond motifs is 1. The molecule has 0 radical (unpaired) electrons. The Bertz CT molecular complexity index is 546. The Labute approximate surface area is 107 Å². The summed E-state index contributed by atoms with van der Waals surface area (Å²) in [5.41, 5.74) is 8.75. The highest BCUT2D eigenvalue weighted by Crippen LogP contribution is 2.21. The van der Waals surface area contributed by atoms with Crippen molar-refractivity contribution in [2.75, 3.05) is 18.8 Å². The number of rotatable bonds is 3. The van der Waals surface area contributed by atoms with Gasteiger partial charge < -0.3 is 10.3 Å². The zero-order chi connectivity index (χ0) is 12.5. The van der Waals surface area contributed by atoms with Gasteiger partial charge in [-0.15, -0.1) is 0 Å². The lowest BCUT2D eigenvalue weighted by Crippen LogP contribution is -2.32. The van der Waals surface area contributed by atoms with Gasteiger partial charge in [0.2, 0.25) is 0 Å². The fraction of sp³-hybridized carbons (Fsp3) is 0.500. The van der Waals surface area contributed by atoms with E-state index in [9.17, 15) is 0 Å². The van der Waals surface area contributed by atoms with Crippen LogP contribution in [0.15, 0.2) is 24.5 Å². The summed E-state index contributed by atoms with van der Waals surface area (Å²) in [7, 11) is 0. The standard InChI is InChI=1S/C14H20N4/c1-2-17-7-3-4-12(17)9-18-10-16-13-8-11(15)5-6-14(13)18/h5-6,8,10,12H,2-4,7,9,15H2,1H3. The summed E-state index contributed by atoms with van der Waals surface area (Å²) >= 11 is 0. The molecule has 0 amide bonds. The van der Waals surface area contributed by atoms with Gasteiger partial charge in [0.25, 0.3) is 0 Å². The lowest BCUT2D eigenvalue weighted by molar-refractivity contribution is 0.246. The van der Waals surface area contributed by atoms with Gasteiger partial charge in [-0.1, -0.05) is 6.92 Å². The van der Waals surface area contributed by atoms with Crippen LogP contribution in [0.1, 0.15) is 19.8 Å². The molecule has 1 aliphatic heterocycles. The van der Waals surface area contributed by atoms with Crippen molar-refractivity contribution >= 4 is 16.7 Å². The molecule has 1 aromatic heterocycles. The van der Waals surface area contributed by atoms with Crippen molar-refractivity contribution in [2.45, 2.75) is 32.4 Å². The molecule has 96 valence electrons. The van der Waals surface area contributed by atoms with E-state index in [4.69, 9.17) is 5.73 Å². The van der Waals surface area contributed by atoms with Crippen molar-refractivity contribution in [2.24, 2.45) is 0 Å². The van der Waals surface area contributed by atoms with E-state index in [1.54, 1.807) is 0 Å². The summed E-state index contributed by atoms with van der Waals surface area (Å²) in [6.07, 6.45) is 4.55. The van der Waals surface area contributed by atoms with E-state index in [2.05, 4.69) is 27.4 Å². The second kappa shape index (κ2) is 4.61. The molecule has 1 unspecified atom stereocenters. The third-order valence-corrected chi connectivity index (χ3v) is 3.96. The Hall–Kier alpha value is -1.55. The Morgan fingerprint density at radius 1 is 1.44 bits per heavy atom. The second-order valence-electron chi connectivity index (χ2n) is 5.07. The number of benzene rings is 1. The molecule has 4 heteroatoms. The minimum atomic E-state index is 0.657. The van der Waals surface area contributed by atoms with Gasteiger partial charge >= 0.3 is 0 Å². The molecule has 3 rings (SSSR count). The number of imidazole rings is 1. The van der Waals surface area contributed by atoms with Gasteiger partial charge in [-0.05, 0) is 44.1 Å². The SMILES string of the molecule is CCN1CCCC1Cn1cnc2cc(N)ccc21. The smallest absolute Gasteiger partial charge is 0.0958 e. The predicted molar refractivity (Wildman–Crippen MR) is 74.4 cm³/mol. The molecule has 1 fully saturated rings. The quantitative estimate of drug-likeness (QED) is 0.841. The number of hydrogen-bond donors (Lipinski definition) is 1. The number of likely N-dealkylation sites (N-methyl/N-ethyl adjacent to an activating group) is 1. The molecule has 0 aliphatic carbocycles. The molecule has 2 aromatic rings. The fourth-order valence-corrected chi connectivity index (χ4v) is 2.97. The van der Waals surface area contributed by atoms with Crippen molar-refractivity contribution in [1.82, 2.24) is 14.5 Å². The minimum absolute atomic E-state index is 0.657. The number of nitrogen functional groups attached to an aromatic ring is 1. The van der Waals surface area contributed by atoms with Crippen molar-refractivity contribution in [3.63, 3.8) is 0 Å². The van der Waals surface area contributed by atoms with Gasteiger partial charge in [-0.2, -0.15) is 0 Å². The van der Waals surface area contributed by atoms with Crippen LogP contribution in [0.2, 0.25) is 0 Å². The summed E-state index contributed by atoms with van der Waals surface area (Å²) in [5.74, 6) is 0. The predicted octanol–water partition coefficient (Wildman–Crippen LogP) is 2.10. The van der Waals surface area contributed by atoms with Crippen LogP contribution in [-0.2, 0) is 6.54 Å². The Morgan fingerprint density at radius 2 is 2.33 bits per heavy atom. The number of aromatic nitrogens is 2. The molecule has 1 atom stereocenters. The average molecular weight is 244 g/mol. The largest absolute Gasteiger partial charge is 0.399 e. The number of anilines is 1. The van der Waals surface area contributed by atoms with Gasteiger partial charge in [0, 0.05) is 18.3 Å². The van der Waals surface area contributed by atoms with E-state index in [1.807, 2.05) is 18.5 Å². The van der Waals surface area contributed by atoms with E-state index >= 15 is 0 Å². The molecular formula is C14H20N4. The highest BCUT2D eigenvalue weighted by molar-refractivity contribution is 5.78. The third-order valence-electron chi connectivity index (χ3n) is 3.96. The van der Waals surface area contributed by atoms with Crippen LogP contribution < -0.4 is 5.73 Å². The Balaban J connectivity index is 1.86. The topological polar surface area (TPSA) is 47.1 Å². The first-order valence-corrected chi connectivity index (χ1v) is 6.72. The molecule has 1 saturated heterocycles. The zero-order valence-electron chi connectivity index (χ0n) is 10.8. The van der Waals surface area contributed by atoms with Gasteiger partial charge in [0.05, 0.1) is 17.4 Å². The maximum atomic E-state index is 5.78. The van der Waals surface area contributed by atoms with E-state index in [1.165, 1.54) is 24.9 Å². The molecule has 1 aromatic carbocycles. The summed E-state index contributed by atoms with van der Waals surface area (Å²) < 4.78 is 2.26. The van der Waals surface area contributed by atoms with E-state index < -0.39 is 0 Å². The highest BCUT2D eigenvalue weighted by Gasteiger charge is 2.23. The second-order valence-corrected chi connectivity index (χ2v) is 5.07. The van der Waals surface area contributed by atoms with Crippen molar-refractivity contribution < 1.29 is 0 Å². The van der Waals surface area contributed by atoms with Gasteiger partial charge in [0.15, 0.2) is 0 Å². The summed E-state index contributed by atoms with van der Waals surface area (Å²) in [5, 5.41) is 0. The van der Waals surface area contributed by atoms with E-state index in [0.717, 1.165) is 24.3 Å². The molecule has 0 bridgehead atoms. The van der Waals surface area contributed by atoms with Crippen LogP contribution in [0, 0.1) is 0 Å². The first-order valence-electron chi connectivity index (χ1n) is 6.72. The maximum Gasteiger partial charge on any atom is 0.0958 e. The maximum absolute atomic E-state index is 5.78. The van der Waals surface area contributed by atoms with Crippen LogP contribution in [0.4, 0.5) is 5.69 Å². The summed E-state index contributed by atoms with van der Waals surface area (Å²) in [6, 6.07) is 6.62. The van der Waals surface area contributed by atoms with E-state index in [0.29, 0.717) is 6.04 Å². The lowest BCUT2D eigenvalue weighted by atomic mass is 10.2. The molecule has 4 nitrogen and oxygen atoms in total. The molecule has 0 saturated carbocycles. The van der Waals surface area contributed by atoms with Crippen LogP contribution in [0.25, 0.3) is 11.0 Å². The third kappa shape index (κ3) is 1.97. The van der Waals surface area contributed by atoms with Crippen LogP contribution in [0.5, 0.6) is 0 Å². The number of nitrogens with zero attached hydrogens (tertiary/aromatic N) is 3. The average Bonchev–Trinajstić information content (AvgIpc) is 2.96. The highest BCUT2D eigenvalue weighted by atomic mass is 15.2. The van der Waals surface area contributed by atoms with Gasteiger partial charge in [-0.25, -0.2) is 4.98 Å². The minimum Gasteiger partial charge on any atom is -0.399 e. The Morgan fingerprint density at radius 3 is 3.17 bits per heavy atom. The molecule has 1 aliphatic rings. The monoisotopic (exact) mass is 244 g/mol. The number of nitrogens with two attached hydrogens (primary N) is 1. The van der Waals surface area contributed by atoms with Crippen LogP contribution in [-0.4, -0.2) is 33.6 Å². The molecule has 2 heterocycles. The molecule has 2 N–H and O–H groups in total. The zero-order valence-corrected chi connectivity index (χ0v) is 10.8. The molecular weight excluding hydrogens is 224 g/mol. The number of likely N-dealkylation sites (tertiary alicyclic amines) is 1. The van der Waals surface area contributed by atoms with Crippen LogP contribution >= 0.6 is 0 Å². The lowest BCUT2D eigenvalue weighted by Gasteiger charge is -2.23. The Kier molecular flexibility index (Phi) is 2.96. The number of hydrogen-bond acceptors (Lipinski definition) is 3. The van der Waals surface area contributed by atoms with Crippen molar-refractivity contribution in [1.29, 1.82) is 0 Å². The summed E-state index contributed by atoms with van der Waals surface area (Å²) in [4.78, 5) is 7.00. The van der Waals surface area contributed by atoms with Crippen molar-refractivity contribution in [3.8, 4) is 0 Å².